The van der Waals surface area contributed by atoms with Gasteiger partial charge in [-0.15, -0.1) is 5.10 Å². The number of anilines is 1. The summed E-state index contributed by atoms with van der Waals surface area (Å²) in [5.74, 6) is -1.31. The number of hydrogen-bond acceptors (Lipinski definition) is 8. The highest BCUT2D eigenvalue weighted by atomic mass is 32.2. The van der Waals surface area contributed by atoms with E-state index in [4.69, 9.17) is 10.5 Å². The molecule has 0 radical (unpaired) electrons. The Morgan fingerprint density at radius 3 is 2.74 bits per heavy atom. The van der Waals surface area contributed by atoms with Gasteiger partial charge in [0, 0.05) is 18.7 Å². The van der Waals surface area contributed by atoms with Crippen LogP contribution in [0, 0.1) is 0 Å². The number of nitrogens with one attached hydrogen (secondary N) is 2. The molecule has 0 bridgehead atoms. The van der Waals surface area contributed by atoms with Gasteiger partial charge in [0.25, 0.3) is 0 Å². The number of thioether (sulfide) groups is 1. The highest BCUT2D eigenvalue weighted by Gasteiger charge is 2.32. The van der Waals surface area contributed by atoms with Crippen molar-refractivity contribution in [1.29, 1.82) is 0 Å². The topological polar surface area (TPSA) is 135 Å². The summed E-state index contributed by atoms with van der Waals surface area (Å²) in [5, 5.41) is 12.8. The molecule has 4 N–H and O–H groups in total. The van der Waals surface area contributed by atoms with Crippen molar-refractivity contribution in [2.45, 2.75) is 32.1 Å². The van der Waals surface area contributed by atoms with E-state index in [-0.39, 0.29) is 24.4 Å². The molecule has 0 saturated carbocycles. The Morgan fingerprint density at radius 1 is 1.37 bits per heavy atom. The molecule has 144 valence electrons. The molecule has 1 aliphatic rings. The van der Waals surface area contributed by atoms with E-state index in [0.717, 1.165) is 23.0 Å². The summed E-state index contributed by atoms with van der Waals surface area (Å²) < 4.78 is 4.74. The zero-order valence-corrected chi connectivity index (χ0v) is 16.1. The molecule has 0 aromatic heterocycles. The number of amidine groups is 1. The number of nitrogens with zero attached hydrogens (tertiary/aromatic N) is 2. The number of rotatable bonds is 6. The summed E-state index contributed by atoms with van der Waals surface area (Å²) in [6.07, 6.45) is -0.0798. The average molecular weight is 391 g/mol. The number of amides is 2. The second kappa shape index (κ2) is 9.28. The molecule has 2 amide bonds. The van der Waals surface area contributed by atoms with Crippen molar-refractivity contribution in [2.24, 2.45) is 15.9 Å². The van der Waals surface area contributed by atoms with Gasteiger partial charge < -0.3 is 21.1 Å². The minimum atomic E-state index is -0.624. The van der Waals surface area contributed by atoms with E-state index >= 15 is 0 Å². The van der Waals surface area contributed by atoms with Crippen LogP contribution in [0.3, 0.4) is 0 Å². The van der Waals surface area contributed by atoms with Gasteiger partial charge in [-0.05, 0) is 31.5 Å². The largest absolute Gasteiger partial charge is 0.465 e. The van der Waals surface area contributed by atoms with Crippen LogP contribution >= 0.6 is 11.8 Å². The normalized spacial score (nSPS) is 17.4. The monoisotopic (exact) mass is 391 g/mol. The summed E-state index contributed by atoms with van der Waals surface area (Å²) in [6.45, 7) is 3.81. The number of esters is 1. The molecule has 1 unspecified atom stereocenters. The van der Waals surface area contributed by atoms with E-state index in [1.807, 2.05) is 0 Å². The van der Waals surface area contributed by atoms with E-state index in [0.29, 0.717) is 10.9 Å². The Labute approximate surface area is 160 Å². The highest BCUT2D eigenvalue weighted by molar-refractivity contribution is 8.15. The number of carbonyl (C=O) groups is 3. The highest BCUT2D eigenvalue weighted by Crippen LogP contribution is 2.24. The van der Waals surface area contributed by atoms with Crippen LogP contribution in [-0.2, 0) is 20.9 Å². The standard InChI is InChI=1S/C17H21N5O4S/c1-9(2)21-22-17-20-15(24)13(27-17)7-14(23)19-12-5-4-10(8-18)6-11(12)16(25)26-3/h4-6,13H,7-8,18H2,1-3H3,(H,19,23)(H,20,22,24). The van der Waals surface area contributed by atoms with E-state index in [1.165, 1.54) is 7.11 Å². The third-order valence-corrected chi connectivity index (χ3v) is 4.56. The average Bonchev–Trinajstić information content (AvgIpc) is 2.99. The lowest BCUT2D eigenvalue weighted by Gasteiger charge is -2.12. The minimum absolute atomic E-state index is 0.0798. The molecular formula is C17H21N5O4S. The minimum Gasteiger partial charge on any atom is -0.465 e. The van der Waals surface area contributed by atoms with E-state index in [9.17, 15) is 14.4 Å². The number of benzene rings is 1. The van der Waals surface area contributed by atoms with Gasteiger partial charge in [-0.2, -0.15) is 5.10 Å². The molecule has 1 fully saturated rings. The summed E-state index contributed by atoms with van der Waals surface area (Å²) in [6, 6.07) is 4.85. The second-order valence-electron chi connectivity index (χ2n) is 5.88. The SMILES string of the molecule is COC(=O)c1cc(CN)ccc1NC(=O)CC1SC(=NN=C(C)C)NC1=O. The Morgan fingerprint density at radius 2 is 2.11 bits per heavy atom. The molecule has 1 aromatic carbocycles. The summed E-state index contributed by atoms with van der Waals surface area (Å²) in [5.41, 5.74) is 7.56. The van der Waals surface area contributed by atoms with E-state index < -0.39 is 17.1 Å². The van der Waals surface area contributed by atoms with E-state index in [1.54, 1.807) is 32.0 Å². The lowest BCUT2D eigenvalue weighted by atomic mass is 10.1. The number of hydrogen-bond donors (Lipinski definition) is 3. The summed E-state index contributed by atoms with van der Waals surface area (Å²) >= 11 is 1.13. The summed E-state index contributed by atoms with van der Waals surface area (Å²) in [4.78, 5) is 36.3. The van der Waals surface area contributed by atoms with Crippen LogP contribution in [0.15, 0.2) is 28.4 Å². The maximum Gasteiger partial charge on any atom is 0.339 e. The Hall–Kier alpha value is -2.72. The number of ether oxygens (including phenoxy) is 1. The fourth-order valence-electron chi connectivity index (χ4n) is 2.21. The van der Waals surface area contributed by atoms with Crippen LogP contribution in [0.25, 0.3) is 0 Å². The van der Waals surface area contributed by atoms with Gasteiger partial charge in [-0.25, -0.2) is 4.79 Å². The van der Waals surface area contributed by atoms with E-state index in [2.05, 4.69) is 20.8 Å². The number of nitrogens with two attached hydrogens (primary N) is 1. The first-order valence-corrected chi connectivity index (χ1v) is 8.99. The molecule has 1 atom stereocenters. The number of carbonyl (C=O) groups excluding carboxylic acids is 3. The molecule has 1 saturated heterocycles. The van der Waals surface area contributed by atoms with Crippen LogP contribution in [0.1, 0.15) is 36.2 Å². The van der Waals surface area contributed by atoms with Crippen LogP contribution in [-0.4, -0.2) is 41.0 Å². The van der Waals surface area contributed by atoms with Gasteiger partial charge in [0.1, 0.15) is 5.25 Å². The molecule has 1 heterocycles. The van der Waals surface area contributed by atoms with Crippen molar-refractivity contribution in [2.75, 3.05) is 12.4 Å². The molecule has 1 aromatic rings. The Kier molecular flexibility index (Phi) is 7.08. The Balaban J connectivity index is 2.08. The van der Waals surface area contributed by atoms with Crippen molar-refractivity contribution in [3.05, 3.63) is 29.3 Å². The van der Waals surface area contributed by atoms with Crippen LogP contribution in [0.4, 0.5) is 5.69 Å². The lowest BCUT2D eigenvalue weighted by Crippen LogP contribution is -2.28. The maximum absolute atomic E-state index is 12.4. The molecule has 2 rings (SSSR count). The Bertz CT molecular complexity index is 818. The van der Waals surface area contributed by atoms with Gasteiger partial charge in [-0.3, -0.25) is 9.59 Å². The first-order chi connectivity index (χ1) is 12.8. The molecule has 9 nitrogen and oxygen atoms in total. The third-order valence-electron chi connectivity index (χ3n) is 3.49. The predicted molar refractivity (Wildman–Crippen MR) is 105 cm³/mol. The lowest BCUT2D eigenvalue weighted by molar-refractivity contribution is -0.122. The zero-order chi connectivity index (χ0) is 20.0. The third kappa shape index (κ3) is 5.63. The molecule has 0 aliphatic carbocycles. The molecular weight excluding hydrogens is 370 g/mol. The quantitative estimate of drug-likeness (QED) is 0.379. The fraction of sp³-hybridized carbons (Fsp3) is 0.353. The van der Waals surface area contributed by atoms with Gasteiger partial charge in [0.15, 0.2) is 5.17 Å². The van der Waals surface area contributed by atoms with Crippen LogP contribution < -0.4 is 16.4 Å². The smallest absolute Gasteiger partial charge is 0.339 e. The maximum atomic E-state index is 12.4. The van der Waals surface area contributed by atoms with Gasteiger partial charge in [-0.1, -0.05) is 17.8 Å². The van der Waals surface area contributed by atoms with Crippen molar-refractivity contribution >= 4 is 46.1 Å². The van der Waals surface area contributed by atoms with Gasteiger partial charge in [0.2, 0.25) is 11.8 Å². The number of methoxy groups -OCH3 is 1. The summed E-state index contributed by atoms with van der Waals surface area (Å²) in [7, 11) is 1.25. The van der Waals surface area contributed by atoms with Gasteiger partial charge >= 0.3 is 5.97 Å². The van der Waals surface area contributed by atoms with Gasteiger partial charge in [0.05, 0.1) is 18.4 Å². The van der Waals surface area contributed by atoms with Crippen LogP contribution in [0.2, 0.25) is 0 Å². The first-order valence-electron chi connectivity index (χ1n) is 8.11. The predicted octanol–water partition coefficient (Wildman–Crippen LogP) is 1.24. The molecule has 1 aliphatic heterocycles. The van der Waals surface area contributed by atoms with Crippen molar-refractivity contribution in [3.63, 3.8) is 0 Å². The van der Waals surface area contributed by atoms with Crippen molar-refractivity contribution < 1.29 is 19.1 Å². The van der Waals surface area contributed by atoms with Crippen molar-refractivity contribution in [1.82, 2.24) is 5.32 Å². The zero-order valence-electron chi connectivity index (χ0n) is 15.2. The first kappa shape index (κ1) is 20.6. The molecule has 10 heteroatoms. The van der Waals surface area contributed by atoms with Crippen molar-refractivity contribution in [3.8, 4) is 0 Å². The molecule has 0 spiro atoms. The second-order valence-corrected chi connectivity index (χ2v) is 7.07. The fourth-order valence-corrected chi connectivity index (χ4v) is 3.13. The van der Waals surface area contributed by atoms with Crippen LogP contribution in [0.5, 0.6) is 0 Å². The molecule has 27 heavy (non-hydrogen) atoms.